The summed E-state index contributed by atoms with van der Waals surface area (Å²) in [7, 11) is 1.54. The number of nitro benzene ring substituents is 1. The normalized spacial score (nSPS) is 12.7. The number of nitrogens with zero attached hydrogens (tertiary/aromatic N) is 2. The Labute approximate surface area is 175 Å². The molecule has 2 N–H and O–H groups in total. The lowest BCUT2D eigenvalue weighted by molar-refractivity contribution is -0.384. The van der Waals surface area contributed by atoms with Crippen LogP contribution in [0.3, 0.4) is 0 Å². The molecule has 0 saturated carbocycles. The topological polar surface area (TPSA) is 131 Å². The number of halogens is 1. The van der Waals surface area contributed by atoms with Crippen LogP contribution in [0.25, 0.3) is 0 Å². The van der Waals surface area contributed by atoms with Crippen molar-refractivity contribution in [2.75, 3.05) is 30.9 Å². The van der Waals surface area contributed by atoms with Crippen LogP contribution in [0.5, 0.6) is 0 Å². The van der Waals surface area contributed by atoms with Gasteiger partial charge in [0.1, 0.15) is 5.02 Å². The molecule has 0 saturated heterocycles. The number of carbonyl (C=O) groups excluding carboxylic acids is 3. The van der Waals surface area contributed by atoms with E-state index >= 15 is 0 Å². The highest BCUT2D eigenvalue weighted by molar-refractivity contribution is 6.32. The first kappa shape index (κ1) is 21.2. The molecule has 0 radical (unpaired) electrons. The average molecular weight is 433 g/mol. The van der Waals surface area contributed by atoms with Crippen molar-refractivity contribution in [3.63, 3.8) is 0 Å². The van der Waals surface area contributed by atoms with Crippen LogP contribution < -0.4 is 10.6 Å². The number of methoxy groups -OCH3 is 1. The summed E-state index contributed by atoms with van der Waals surface area (Å²) < 4.78 is 4.94. The molecule has 2 aromatic carbocycles. The van der Waals surface area contributed by atoms with E-state index in [0.717, 1.165) is 11.0 Å². The van der Waals surface area contributed by atoms with Gasteiger partial charge in [-0.1, -0.05) is 11.6 Å². The zero-order chi connectivity index (χ0) is 21.8. The van der Waals surface area contributed by atoms with Gasteiger partial charge in [0.15, 0.2) is 0 Å². The number of hydrogen-bond donors (Lipinski definition) is 2. The summed E-state index contributed by atoms with van der Waals surface area (Å²) in [5.41, 5.74) is 0.564. The van der Waals surface area contributed by atoms with Crippen molar-refractivity contribution in [1.82, 2.24) is 4.90 Å². The first-order valence-corrected chi connectivity index (χ1v) is 9.20. The highest BCUT2D eigenvalue weighted by atomic mass is 35.5. The number of benzene rings is 2. The van der Waals surface area contributed by atoms with E-state index in [1.807, 2.05) is 0 Å². The highest BCUT2D eigenvalue weighted by Gasteiger charge is 2.35. The summed E-state index contributed by atoms with van der Waals surface area (Å²) >= 11 is 5.75. The summed E-state index contributed by atoms with van der Waals surface area (Å²) in [5.74, 6) is -0.834. The van der Waals surface area contributed by atoms with Crippen molar-refractivity contribution < 1.29 is 24.0 Å². The predicted octanol–water partition coefficient (Wildman–Crippen LogP) is 3.52. The lowest BCUT2D eigenvalue weighted by atomic mass is 10.1. The molecule has 1 heterocycles. The molecule has 0 spiro atoms. The number of amides is 4. The van der Waals surface area contributed by atoms with Crippen molar-refractivity contribution in [2.24, 2.45) is 0 Å². The smallest absolute Gasteiger partial charge is 0.323 e. The molecule has 30 heavy (non-hydrogen) atoms. The Morgan fingerprint density at radius 1 is 1.10 bits per heavy atom. The molecule has 3 rings (SSSR count). The van der Waals surface area contributed by atoms with Gasteiger partial charge in [-0.25, -0.2) is 4.79 Å². The van der Waals surface area contributed by atoms with Gasteiger partial charge >= 0.3 is 6.03 Å². The monoisotopic (exact) mass is 432 g/mol. The third-order valence-electron chi connectivity index (χ3n) is 4.36. The van der Waals surface area contributed by atoms with E-state index in [1.54, 1.807) is 0 Å². The largest absolute Gasteiger partial charge is 0.385 e. The lowest BCUT2D eigenvalue weighted by Gasteiger charge is -2.12. The Kier molecular flexibility index (Phi) is 6.28. The molecule has 1 aliphatic rings. The standard InChI is InChI=1S/C19H17ClN4O6/c1-30-8-2-7-23-17(25)13-5-3-11(9-14(13)18(23)26)21-19(27)22-12-4-6-15(20)16(10-12)24(28)29/h3-6,9-10H,2,7-8H2,1H3,(H2,21,22,27). The molecule has 1 aliphatic heterocycles. The second kappa shape index (κ2) is 8.89. The van der Waals surface area contributed by atoms with Gasteiger partial charge in [0.05, 0.1) is 16.1 Å². The van der Waals surface area contributed by atoms with Crippen molar-refractivity contribution in [1.29, 1.82) is 0 Å². The third kappa shape index (κ3) is 4.39. The Morgan fingerprint density at radius 3 is 2.40 bits per heavy atom. The van der Waals surface area contributed by atoms with Crippen molar-refractivity contribution >= 4 is 46.5 Å². The van der Waals surface area contributed by atoms with Crippen LogP contribution in [0.15, 0.2) is 36.4 Å². The number of ether oxygens (including phenoxy) is 1. The molecular formula is C19H17ClN4O6. The van der Waals surface area contributed by atoms with E-state index < -0.39 is 22.8 Å². The maximum Gasteiger partial charge on any atom is 0.323 e. The molecule has 0 unspecified atom stereocenters. The quantitative estimate of drug-likeness (QED) is 0.298. The first-order valence-electron chi connectivity index (χ1n) is 8.83. The van der Waals surface area contributed by atoms with Gasteiger partial charge < -0.3 is 15.4 Å². The SMILES string of the molecule is COCCCN1C(=O)c2ccc(NC(=O)Nc3ccc(Cl)c([N+](=O)[O-])c3)cc2C1=O. The summed E-state index contributed by atoms with van der Waals surface area (Å²) in [4.78, 5) is 48.6. The van der Waals surface area contributed by atoms with E-state index in [9.17, 15) is 24.5 Å². The lowest BCUT2D eigenvalue weighted by Crippen LogP contribution is -2.31. The minimum atomic E-state index is -0.680. The van der Waals surface area contributed by atoms with E-state index in [4.69, 9.17) is 16.3 Å². The van der Waals surface area contributed by atoms with Gasteiger partial charge in [0.25, 0.3) is 17.5 Å². The number of fused-ring (bicyclic) bond motifs is 1. The van der Waals surface area contributed by atoms with E-state index in [2.05, 4.69) is 10.6 Å². The second-order valence-electron chi connectivity index (χ2n) is 6.37. The van der Waals surface area contributed by atoms with Crippen molar-refractivity contribution in [2.45, 2.75) is 6.42 Å². The van der Waals surface area contributed by atoms with Crippen LogP contribution in [0.1, 0.15) is 27.1 Å². The van der Waals surface area contributed by atoms with Crippen LogP contribution >= 0.6 is 11.6 Å². The van der Waals surface area contributed by atoms with Crippen LogP contribution in [-0.2, 0) is 4.74 Å². The fourth-order valence-corrected chi connectivity index (χ4v) is 3.15. The van der Waals surface area contributed by atoms with E-state index in [0.29, 0.717) is 13.0 Å². The molecule has 0 aliphatic carbocycles. The number of rotatable bonds is 7. The first-order chi connectivity index (χ1) is 14.3. The molecule has 10 nitrogen and oxygen atoms in total. The highest BCUT2D eigenvalue weighted by Crippen LogP contribution is 2.28. The Bertz CT molecular complexity index is 1040. The maximum absolute atomic E-state index is 12.5. The minimum Gasteiger partial charge on any atom is -0.385 e. The van der Waals surface area contributed by atoms with Crippen LogP contribution in [0.2, 0.25) is 5.02 Å². The van der Waals surface area contributed by atoms with Crippen LogP contribution in [0.4, 0.5) is 21.9 Å². The number of nitrogens with one attached hydrogen (secondary N) is 2. The van der Waals surface area contributed by atoms with Gasteiger partial charge in [0, 0.05) is 37.7 Å². The number of anilines is 2. The summed E-state index contributed by atoms with van der Waals surface area (Å²) in [5, 5.41) is 15.9. The zero-order valence-corrected chi connectivity index (χ0v) is 16.6. The summed E-state index contributed by atoms with van der Waals surface area (Å²) in [6.07, 6.45) is 0.517. The second-order valence-corrected chi connectivity index (χ2v) is 6.78. The summed E-state index contributed by atoms with van der Waals surface area (Å²) in [6.45, 7) is 0.655. The number of carbonyl (C=O) groups is 3. The number of urea groups is 1. The van der Waals surface area contributed by atoms with Gasteiger partial charge in [0.2, 0.25) is 0 Å². The Hall–Kier alpha value is -3.50. The molecule has 2 aromatic rings. The summed E-state index contributed by atoms with van der Waals surface area (Å²) in [6, 6.07) is 7.53. The Balaban J connectivity index is 1.70. The predicted molar refractivity (Wildman–Crippen MR) is 109 cm³/mol. The molecule has 0 aromatic heterocycles. The molecule has 0 fully saturated rings. The number of nitro groups is 1. The maximum atomic E-state index is 12.5. The van der Waals surface area contributed by atoms with E-state index in [1.165, 1.54) is 37.4 Å². The van der Waals surface area contributed by atoms with Gasteiger partial charge in [-0.3, -0.25) is 24.6 Å². The minimum absolute atomic E-state index is 0.0530. The van der Waals surface area contributed by atoms with Gasteiger partial charge in [-0.05, 0) is 36.8 Å². The molecule has 0 atom stereocenters. The molecule has 156 valence electrons. The Morgan fingerprint density at radius 2 is 1.73 bits per heavy atom. The van der Waals surface area contributed by atoms with Crippen molar-refractivity contribution in [3.8, 4) is 0 Å². The van der Waals surface area contributed by atoms with Gasteiger partial charge in [-0.15, -0.1) is 0 Å². The van der Waals surface area contributed by atoms with E-state index in [-0.39, 0.29) is 39.8 Å². The fraction of sp³-hybridized carbons (Fsp3) is 0.211. The number of imide groups is 1. The van der Waals surface area contributed by atoms with Crippen LogP contribution in [0, 0.1) is 10.1 Å². The molecule has 0 bridgehead atoms. The van der Waals surface area contributed by atoms with Crippen molar-refractivity contribution in [3.05, 3.63) is 62.7 Å². The average Bonchev–Trinajstić information content (AvgIpc) is 2.93. The van der Waals surface area contributed by atoms with Crippen LogP contribution in [-0.4, -0.2) is 47.9 Å². The molecular weight excluding hydrogens is 416 g/mol. The zero-order valence-electron chi connectivity index (χ0n) is 15.8. The third-order valence-corrected chi connectivity index (χ3v) is 4.68. The number of hydrogen-bond acceptors (Lipinski definition) is 6. The molecule has 4 amide bonds. The van der Waals surface area contributed by atoms with Gasteiger partial charge in [-0.2, -0.15) is 0 Å². The fourth-order valence-electron chi connectivity index (χ4n) is 2.96. The molecule has 11 heteroatoms.